The number of nitrogens with zero attached hydrogens (tertiary/aromatic N) is 2. The van der Waals surface area contributed by atoms with Crippen molar-refractivity contribution in [1.29, 1.82) is 0 Å². The lowest BCUT2D eigenvalue weighted by Crippen LogP contribution is -2.39. The number of halogens is 3. The van der Waals surface area contributed by atoms with Crippen LogP contribution in [-0.4, -0.2) is 32.2 Å². The molecule has 3 rings (SSSR count). The number of rotatable bonds is 5. The van der Waals surface area contributed by atoms with Crippen LogP contribution >= 0.6 is 0 Å². The van der Waals surface area contributed by atoms with Crippen molar-refractivity contribution in [2.75, 3.05) is 6.61 Å². The molecule has 0 aliphatic rings. The van der Waals surface area contributed by atoms with Gasteiger partial charge in [0.15, 0.2) is 0 Å². The van der Waals surface area contributed by atoms with E-state index in [1.165, 1.54) is 29.8 Å². The Labute approximate surface area is 150 Å². The number of aromatic nitrogens is 3. The molecule has 144 valence electrons. The van der Waals surface area contributed by atoms with Crippen LogP contribution in [0.1, 0.15) is 6.42 Å². The third-order valence-corrected chi connectivity index (χ3v) is 4.05. The van der Waals surface area contributed by atoms with Crippen molar-refractivity contribution in [2.24, 2.45) is 7.05 Å². The minimum atomic E-state index is -4.82. The van der Waals surface area contributed by atoms with Gasteiger partial charge in [0.25, 0.3) is 5.56 Å². The summed E-state index contributed by atoms with van der Waals surface area (Å²) < 4.78 is 43.4. The number of alkyl halides is 3. The van der Waals surface area contributed by atoms with Crippen LogP contribution in [0.5, 0.6) is 5.75 Å². The third kappa shape index (κ3) is 3.75. The van der Waals surface area contributed by atoms with Crippen molar-refractivity contribution in [3.8, 4) is 17.0 Å². The molecule has 0 fully saturated rings. The smallest absolute Gasteiger partial charge is 0.406 e. The van der Waals surface area contributed by atoms with E-state index in [-0.39, 0.29) is 25.1 Å². The molecule has 2 N–H and O–H groups in total. The van der Waals surface area contributed by atoms with Crippen LogP contribution < -0.4 is 16.0 Å². The molecule has 0 radical (unpaired) electrons. The Hall–Kier alpha value is -3.01. The number of aromatic amines is 1. The van der Waals surface area contributed by atoms with Crippen LogP contribution in [0.2, 0.25) is 0 Å². The van der Waals surface area contributed by atoms with Gasteiger partial charge in [0.05, 0.1) is 5.52 Å². The minimum Gasteiger partial charge on any atom is -0.406 e. The van der Waals surface area contributed by atoms with Crippen LogP contribution in [0.25, 0.3) is 22.3 Å². The Bertz CT molecular complexity index is 1100. The highest BCUT2D eigenvalue weighted by Gasteiger charge is 2.31. The molecule has 0 spiro atoms. The van der Waals surface area contributed by atoms with Crippen molar-refractivity contribution in [3.05, 3.63) is 51.2 Å². The van der Waals surface area contributed by atoms with Gasteiger partial charge in [-0.25, -0.2) is 4.79 Å². The largest absolute Gasteiger partial charge is 0.573 e. The summed E-state index contributed by atoms with van der Waals surface area (Å²) >= 11 is 0. The second kappa shape index (κ2) is 6.95. The molecule has 0 saturated carbocycles. The predicted octanol–water partition coefficient (Wildman–Crippen LogP) is 1.98. The highest BCUT2D eigenvalue weighted by Crippen LogP contribution is 2.28. The van der Waals surface area contributed by atoms with Crippen molar-refractivity contribution in [2.45, 2.75) is 19.3 Å². The number of ether oxygens (including phenoxy) is 1. The molecule has 1 aromatic carbocycles. The Morgan fingerprint density at radius 3 is 2.63 bits per heavy atom. The van der Waals surface area contributed by atoms with Crippen LogP contribution in [0.15, 0.2) is 39.9 Å². The number of nitrogens with one attached hydrogen (secondary N) is 1. The van der Waals surface area contributed by atoms with Gasteiger partial charge in [-0.1, -0.05) is 12.1 Å². The predicted molar refractivity (Wildman–Crippen MR) is 91.6 cm³/mol. The third-order valence-electron chi connectivity index (χ3n) is 4.05. The fourth-order valence-electron chi connectivity index (χ4n) is 2.82. The van der Waals surface area contributed by atoms with Gasteiger partial charge in [-0.3, -0.25) is 13.9 Å². The Balaban J connectivity index is 2.11. The zero-order valence-corrected chi connectivity index (χ0v) is 14.2. The van der Waals surface area contributed by atoms with Gasteiger partial charge in [-0.15, -0.1) is 13.2 Å². The Kier molecular flexibility index (Phi) is 4.83. The quantitative estimate of drug-likeness (QED) is 0.705. The summed E-state index contributed by atoms with van der Waals surface area (Å²) in [6.45, 7) is -0.114. The molecule has 2 heterocycles. The van der Waals surface area contributed by atoms with Crippen molar-refractivity contribution in [3.63, 3.8) is 0 Å². The number of aliphatic hydroxyl groups excluding tert-OH is 1. The van der Waals surface area contributed by atoms with Gasteiger partial charge < -0.3 is 14.8 Å². The molecule has 7 nitrogen and oxygen atoms in total. The summed E-state index contributed by atoms with van der Waals surface area (Å²) in [4.78, 5) is 27.8. The first kappa shape index (κ1) is 18.8. The van der Waals surface area contributed by atoms with E-state index in [1.54, 1.807) is 6.07 Å². The summed E-state index contributed by atoms with van der Waals surface area (Å²) in [5, 5.41) is 8.93. The maximum absolute atomic E-state index is 12.6. The van der Waals surface area contributed by atoms with E-state index in [9.17, 15) is 22.8 Å². The fourth-order valence-corrected chi connectivity index (χ4v) is 2.82. The van der Waals surface area contributed by atoms with Crippen LogP contribution in [0, 0.1) is 0 Å². The van der Waals surface area contributed by atoms with Crippen molar-refractivity contribution in [1.82, 2.24) is 14.1 Å². The van der Waals surface area contributed by atoms with E-state index < -0.39 is 23.4 Å². The normalized spacial score (nSPS) is 11.9. The molecule has 27 heavy (non-hydrogen) atoms. The summed E-state index contributed by atoms with van der Waals surface area (Å²) in [6, 6.07) is 6.80. The van der Waals surface area contributed by atoms with Crippen LogP contribution in [0.4, 0.5) is 13.2 Å². The standard InChI is InChI=1S/C17H16F3N3O4/c1-22-13-9-12(10-4-2-5-11(8-10)27-17(18,19)20)21-14(13)15(25)23(16(22)26)6-3-7-24/h2,4-5,8-9,21,24H,3,6-7H2,1H3. The molecule has 0 saturated heterocycles. The first-order chi connectivity index (χ1) is 12.7. The summed E-state index contributed by atoms with van der Waals surface area (Å²) in [5.74, 6) is -0.395. The van der Waals surface area contributed by atoms with E-state index in [0.717, 1.165) is 10.6 Å². The van der Waals surface area contributed by atoms with E-state index in [0.29, 0.717) is 16.8 Å². The number of benzene rings is 1. The lowest BCUT2D eigenvalue weighted by Gasteiger charge is -2.09. The Morgan fingerprint density at radius 2 is 1.96 bits per heavy atom. The summed E-state index contributed by atoms with van der Waals surface area (Å²) in [7, 11) is 1.49. The second-order valence-electron chi connectivity index (χ2n) is 5.89. The molecule has 10 heteroatoms. The molecule has 0 unspecified atom stereocenters. The molecule has 3 aromatic rings. The molecular weight excluding hydrogens is 367 g/mol. The molecular formula is C17H16F3N3O4. The number of aryl methyl sites for hydroxylation is 1. The molecule has 0 aliphatic carbocycles. The second-order valence-corrected chi connectivity index (χ2v) is 5.89. The summed E-state index contributed by atoms with van der Waals surface area (Å²) in [6.07, 6.45) is -4.57. The van der Waals surface area contributed by atoms with Gasteiger partial charge in [-0.2, -0.15) is 0 Å². The fraction of sp³-hybridized carbons (Fsp3) is 0.294. The monoisotopic (exact) mass is 383 g/mol. The molecule has 0 aliphatic heterocycles. The lowest BCUT2D eigenvalue weighted by atomic mass is 10.1. The number of aliphatic hydroxyl groups is 1. The van der Waals surface area contributed by atoms with Gasteiger partial charge in [0.2, 0.25) is 0 Å². The minimum absolute atomic E-state index is 0.0568. The summed E-state index contributed by atoms with van der Waals surface area (Å²) in [5.41, 5.74) is 0.0945. The van der Waals surface area contributed by atoms with E-state index >= 15 is 0 Å². The average molecular weight is 383 g/mol. The molecule has 0 bridgehead atoms. The maximum atomic E-state index is 12.6. The molecule has 2 aromatic heterocycles. The van der Waals surface area contributed by atoms with Gasteiger partial charge >= 0.3 is 12.1 Å². The molecule has 0 amide bonds. The first-order valence-corrected chi connectivity index (χ1v) is 8.01. The number of fused-ring (bicyclic) bond motifs is 1. The highest BCUT2D eigenvalue weighted by molar-refractivity contribution is 5.82. The van der Waals surface area contributed by atoms with E-state index in [4.69, 9.17) is 5.11 Å². The SMILES string of the molecule is Cn1c(=O)n(CCCO)c(=O)c2[nH]c(-c3cccc(OC(F)(F)F)c3)cc21. The number of hydrogen-bond donors (Lipinski definition) is 2. The Morgan fingerprint density at radius 1 is 1.22 bits per heavy atom. The molecule has 0 atom stereocenters. The average Bonchev–Trinajstić information content (AvgIpc) is 3.04. The van der Waals surface area contributed by atoms with Crippen molar-refractivity contribution >= 4 is 11.0 Å². The van der Waals surface area contributed by atoms with Gasteiger partial charge in [-0.05, 0) is 24.6 Å². The highest BCUT2D eigenvalue weighted by atomic mass is 19.4. The number of hydrogen-bond acceptors (Lipinski definition) is 4. The van der Waals surface area contributed by atoms with Gasteiger partial charge in [0, 0.05) is 31.5 Å². The van der Waals surface area contributed by atoms with E-state index in [2.05, 4.69) is 9.72 Å². The zero-order valence-electron chi connectivity index (χ0n) is 14.2. The van der Waals surface area contributed by atoms with E-state index in [1.807, 2.05) is 0 Å². The lowest BCUT2D eigenvalue weighted by molar-refractivity contribution is -0.274. The van der Waals surface area contributed by atoms with Crippen LogP contribution in [-0.2, 0) is 13.6 Å². The maximum Gasteiger partial charge on any atom is 0.573 e. The van der Waals surface area contributed by atoms with Gasteiger partial charge in [0.1, 0.15) is 11.3 Å². The van der Waals surface area contributed by atoms with Crippen LogP contribution in [0.3, 0.4) is 0 Å². The zero-order chi connectivity index (χ0) is 19.8. The first-order valence-electron chi connectivity index (χ1n) is 8.01. The topological polar surface area (TPSA) is 89.2 Å². The number of H-pyrrole nitrogens is 1. The van der Waals surface area contributed by atoms with Crippen molar-refractivity contribution < 1.29 is 23.0 Å².